The maximum absolute atomic E-state index is 10.7. The van der Waals surface area contributed by atoms with Gasteiger partial charge in [-0.1, -0.05) is 19.8 Å². The normalized spacial score (nSPS) is 10.1. The van der Waals surface area contributed by atoms with Crippen LogP contribution < -0.4 is 5.43 Å². The van der Waals surface area contributed by atoms with Gasteiger partial charge in [-0.2, -0.15) is 0 Å². The predicted molar refractivity (Wildman–Crippen MR) is 50.2 cm³/mol. The van der Waals surface area contributed by atoms with Crippen LogP contribution in [0.5, 0.6) is 0 Å². The fourth-order valence-electron chi connectivity index (χ4n) is 1.14. The van der Waals surface area contributed by atoms with E-state index in [1.807, 2.05) is 12.4 Å². The summed E-state index contributed by atoms with van der Waals surface area (Å²) < 4.78 is 2.05. The molecule has 0 fully saturated rings. The average molecular weight is 165 g/mol. The molecule has 0 saturated heterocycles. The van der Waals surface area contributed by atoms with Crippen LogP contribution in [0.2, 0.25) is 0 Å². The molecule has 1 aromatic rings. The predicted octanol–water partition coefficient (Wildman–Crippen LogP) is 2.04. The van der Waals surface area contributed by atoms with E-state index in [0.29, 0.717) is 0 Å². The lowest BCUT2D eigenvalue weighted by atomic mass is 10.2. The summed E-state index contributed by atoms with van der Waals surface area (Å²) in [5.41, 5.74) is 0.0849. The van der Waals surface area contributed by atoms with Gasteiger partial charge in [-0.15, -0.1) is 0 Å². The summed E-state index contributed by atoms with van der Waals surface area (Å²) in [4.78, 5) is 10.7. The van der Waals surface area contributed by atoms with Crippen LogP contribution in [-0.2, 0) is 6.54 Å². The first-order valence-electron chi connectivity index (χ1n) is 4.49. The molecule has 0 amide bonds. The third kappa shape index (κ3) is 2.91. The van der Waals surface area contributed by atoms with Gasteiger partial charge in [-0.3, -0.25) is 4.79 Å². The van der Waals surface area contributed by atoms with Gasteiger partial charge in [0.05, 0.1) is 0 Å². The summed E-state index contributed by atoms with van der Waals surface area (Å²) in [6.07, 6.45) is 7.38. The average Bonchev–Trinajstić information content (AvgIpc) is 2.09. The van der Waals surface area contributed by atoms with Crippen molar-refractivity contribution >= 4 is 0 Å². The quantitative estimate of drug-likeness (QED) is 0.626. The van der Waals surface area contributed by atoms with Crippen molar-refractivity contribution in [2.45, 2.75) is 32.7 Å². The van der Waals surface area contributed by atoms with Gasteiger partial charge in [0.1, 0.15) is 0 Å². The highest BCUT2D eigenvalue weighted by Gasteiger charge is 1.88. The molecular weight excluding hydrogens is 150 g/mol. The summed E-state index contributed by atoms with van der Waals surface area (Å²) in [7, 11) is 0. The lowest BCUT2D eigenvalue weighted by Crippen LogP contribution is -2.03. The molecule has 2 heteroatoms. The van der Waals surface area contributed by atoms with E-state index in [1.165, 1.54) is 19.3 Å². The van der Waals surface area contributed by atoms with Crippen LogP contribution in [0.15, 0.2) is 29.3 Å². The molecule has 1 heterocycles. The monoisotopic (exact) mass is 165 g/mol. The van der Waals surface area contributed by atoms with E-state index in [2.05, 4.69) is 11.5 Å². The molecule has 2 nitrogen and oxygen atoms in total. The molecule has 0 atom stereocenters. The minimum absolute atomic E-state index is 0.0849. The molecule has 12 heavy (non-hydrogen) atoms. The van der Waals surface area contributed by atoms with Crippen LogP contribution in [0.3, 0.4) is 0 Å². The number of unbranched alkanes of at least 4 members (excludes halogenated alkanes) is 2. The summed E-state index contributed by atoms with van der Waals surface area (Å²) in [6.45, 7) is 3.21. The van der Waals surface area contributed by atoms with Gasteiger partial charge < -0.3 is 4.57 Å². The Labute approximate surface area is 72.8 Å². The summed E-state index contributed by atoms with van der Waals surface area (Å²) in [6, 6.07) is 3.21. The van der Waals surface area contributed by atoms with Crippen LogP contribution in [0.1, 0.15) is 26.2 Å². The molecule has 66 valence electrons. The van der Waals surface area contributed by atoms with E-state index >= 15 is 0 Å². The third-order valence-corrected chi connectivity index (χ3v) is 1.88. The first-order valence-corrected chi connectivity index (χ1v) is 4.49. The molecule has 0 aliphatic rings. The van der Waals surface area contributed by atoms with Crippen molar-refractivity contribution in [1.82, 2.24) is 4.57 Å². The highest BCUT2D eigenvalue weighted by molar-refractivity contribution is 4.93. The van der Waals surface area contributed by atoms with E-state index in [1.54, 1.807) is 12.1 Å². The van der Waals surface area contributed by atoms with Gasteiger partial charge in [0, 0.05) is 31.1 Å². The molecule has 0 aliphatic carbocycles. The van der Waals surface area contributed by atoms with Gasteiger partial charge >= 0.3 is 0 Å². The molecule has 1 rings (SSSR count). The Balaban J connectivity index is 2.42. The van der Waals surface area contributed by atoms with Crippen molar-refractivity contribution in [3.8, 4) is 0 Å². The number of nitrogens with zero attached hydrogens (tertiary/aromatic N) is 1. The molecular formula is C10H15NO. The Morgan fingerprint density at radius 3 is 2.50 bits per heavy atom. The molecule has 0 bridgehead atoms. The molecule has 1 aromatic heterocycles. The van der Waals surface area contributed by atoms with Gasteiger partial charge in [0.2, 0.25) is 0 Å². The second-order valence-electron chi connectivity index (χ2n) is 2.98. The zero-order chi connectivity index (χ0) is 8.81. The van der Waals surface area contributed by atoms with E-state index in [4.69, 9.17) is 0 Å². The number of rotatable bonds is 4. The number of hydrogen-bond acceptors (Lipinski definition) is 1. The van der Waals surface area contributed by atoms with Crippen LogP contribution in [0.25, 0.3) is 0 Å². The number of hydrogen-bond donors (Lipinski definition) is 0. The van der Waals surface area contributed by atoms with Gasteiger partial charge in [-0.25, -0.2) is 0 Å². The maximum Gasteiger partial charge on any atom is 0.181 e. The van der Waals surface area contributed by atoms with E-state index < -0.39 is 0 Å². The summed E-state index contributed by atoms with van der Waals surface area (Å²) >= 11 is 0. The zero-order valence-electron chi connectivity index (χ0n) is 7.49. The highest BCUT2D eigenvalue weighted by Crippen LogP contribution is 1.96. The molecule has 0 spiro atoms. The minimum Gasteiger partial charge on any atom is -0.354 e. The first-order chi connectivity index (χ1) is 5.83. The summed E-state index contributed by atoms with van der Waals surface area (Å²) in [5.74, 6) is 0. The van der Waals surface area contributed by atoms with Crippen molar-refractivity contribution in [3.05, 3.63) is 34.7 Å². The topological polar surface area (TPSA) is 22.0 Å². The lowest BCUT2D eigenvalue weighted by molar-refractivity contribution is 0.599. The Morgan fingerprint density at radius 2 is 1.92 bits per heavy atom. The third-order valence-electron chi connectivity index (χ3n) is 1.88. The zero-order valence-corrected chi connectivity index (χ0v) is 7.49. The van der Waals surface area contributed by atoms with Gasteiger partial charge in [0.15, 0.2) is 5.43 Å². The maximum atomic E-state index is 10.7. The second-order valence-corrected chi connectivity index (χ2v) is 2.98. The second kappa shape index (κ2) is 4.75. The van der Waals surface area contributed by atoms with Crippen molar-refractivity contribution in [2.75, 3.05) is 0 Å². The van der Waals surface area contributed by atoms with Crippen molar-refractivity contribution in [2.24, 2.45) is 0 Å². The Kier molecular flexibility index (Phi) is 3.58. The SMILES string of the molecule is CCCCCn1ccc(=O)cc1. The molecule has 0 radical (unpaired) electrons. The van der Waals surface area contributed by atoms with Crippen molar-refractivity contribution in [1.29, 1.82) is 0 Å². The Morgan fingerprint density at radius 1 is 1.25 bits per heavy atom. The van der Waals surface area contributed by atoms with Crippen LogP contribution in [-0.4, -0.2) is 4.57 Å². The smallest absolute Gasteiger partial charge is 0.181 e. The van der Waals surface area contributed by atoms with Crippen LogP contribution in [0, 0.1) is 0 Å². The standard InChI is InChI=1S/C10H15NO/c1-2-3-4-7-11-8-5-10(12)6-9-11/h5-6,8-9H,2-4,7H2,1H3. The Bertz CT molecular complexity index is 257. The molecule has 0 saturated carbocycles. The lowest BCUT2D eigenvalue weighted by Gasteiger charge is -2.03. The Hall–Kier alpha value is -1.05. The summed E-state index contributed by atoms with van der Waals surface area (Å²) in [5, 5.41) is 0. The minimum atomic E-state index is 0.0849. The highest BCUT2D eigenvalue weighted by atomic mass is 16.1. The molecule has 0 aliphatic heterocycles. The number of pyridine rings is 1. The van der Waals surface area contributed by atoms with Crippen LogP contribution in [0.4, 0.5) is 0 Å². The largest absolute Gasteiger partial charge is 0.354 e. The van der Waals surface area contributed by atoms with E-state index in [9.17, 15) is 4.79 Å². The van der Waals surface area contributed by atoms with Gasteiger partial charge in [-0.05, 0) is 6.42 Å². The molecule has 0 aromatic carbocycles. The number of aromatic nitrogens is 1. The molecule has 0 unspecified atom stereocenters. The first kappa shape index (κ1) is 9.04. The number of aryl methyl sites for hydroxylation is 1. The van der Waals surface area contributed by atoms with E-state index in [-0.39, 0.29) is 5.43 Å². The fourth-order valence-corrected chi connectivity index (χ4v) is 1.14. The van der Waals surface area contributed by atoms with E-state index in [0.717, 1.165) is 6.54 Å². The fraction of sp³-hybridized carbons (Fsp3) is 0.500. The van der Waals surface area contributed by atoms with Crippen molar-refractivity contribution in [3.63, 3.8) is 0 Å². The van der Waals surface area contributed by atoms with Gasteiger partial charge in [0.25, 0.3) is 0 Å². The molecule has 0 N–H and O–H groups in total. The van der Waals surface area contributed by atoms with Crippen molar-refractivity contribution < 1.29 is 0 Å². The van der Waals surface area contributed by atoms with Crippen LogP contribution >= 0.6 is 0 Å².